The first kappa shape index (κ1) is 15.2. The van der Waals surface area contributed by atoms with Crippen LogP contribution in [0.3, 0.4) is 0 Å². The van der Waals surface area contributed by atoms with Gasteiger partial charge in [-0.1, -0.05) is 157 Å². The van der Waals surface area contributed by atoms with Crippen molar-refractivity contribution >= 4 is 43.5 Å². The fraction of sp³-hybridized carbons (Fsp3) is 0. The highest BCUT2D eigenvalue weighted by Gasteiger charge is 2.19. The fourth-order valence-corrected chi connectivity index (χ4v) is 6.20. The van der Waals surface area contributed by atoms with E-state index in [2.05, 4.69) is 0 Å². The van der Waals surface area contributed by atoms with Gasteiger partial charge in [-0.15, -0.1) is 0 Å². The number of fused-ring (bicyclic) bond motifs is 5. The number of hydrogen-bond donors (Lipinski definition) is 0. The molecular formula is C44H28O. The van der Waals surface area contributed by atoms with E-state index in [1.54, 1.807) is 0 Å². The smallest absolute Gasteiger partial charge is 0.143 e. The summed E-state index contributed by atoms with van der Waals surface area (Å²) in [6.07, 6.45) is 0. The van der Waals surface area contributed by atoms with Crippen molar-refractivity contribution in [3.63, 3.8) is 0 Å². The molecule has 0 atom stereocenters. The van der Waals surface area contributed by atoms with E-state index in [4.69, 9.17) is 18.1 Å². The third kappa shape index (κ3) is 4.09. The Morgan fingerprint density at radius 1 is 0.400 bits per heavy atom. The summed E-state index contributed by atoms with van der Waals surface area (Å²) in [6, 6.07) is 17.8. The SMILES string of the molecule is [2H]c1cc2c(oc3c([2H])c([2H])c([2H])c(-c4c([2H])c([2H])c([2H])c(-c5c6ccccc6c(-c6ccccc6)c6ccccc56)c4[2H])c32)c(-c2c([2H])c([2H])c([2H])c([2H])c2[2H])c1[2H]. The Bertz CT molecular complexity index is 3230. The lowest BCUT2D eigenvalue weighted by atomic mass is 9.85. The highest BCUT2D eigenvalue weighted by molar-refractivity contribution is 6.22. The summed E-state index contributed by atoms with van der Waals surface area (Å²) in [5, 5.41) is 2.79. The van der Waals surface area contributed by atoms with Crippen LogP contribution in [0, 0.1) is 0 Å². The molecule has 1 nitrogen and oxygen atoms in total. The fourth-order valence-electron chi connectivity index (χ4n) is 6.20. The Kier molecular flexibility index (Phi) is 3.50. The Morgan fingerprint density at radius 2 is 0.978 bits per heavy atom. The van der Waals surface area contributed by atoms with Crippen LogP contribution in [-0.2, 0) is 0 Å². The molecule has 1 heteroatoms. The van der Waals surface area contributed by atoms with Crippen molar-refractivity contribution in [3.05, 3.63) is 170 Å². The summed E-state index contributed by atoms with van der Waals surface area (Å²) in [4.78, 5) is 0. The molecule has 0 aliphatic heterocycles. The third-order valence-electron chi connectivity index (χ3n) is 8.07. The molecule has 9 rings (SSSR count). The monoisotopic (exact) mass is 586 g/mol. The van der Waals surface area contributed by atoms with Crippen molar-refractivity contribution in [2.45, 2.75) is 0 Å². The predicted molar refractivity (Wildman–Crippen MR) is 190 cm³/mol. The maximum absolute atomic E-state index is 9.88. The van der Waals surface area contributed by atoms with Crippen molar-refractivity contribution in [3.8, 4) is 44.5 Å². The average Bonchev–Trinajstić information content (AvgIpc) is 3.61. The molecule has 210 valence electrons. The molecule has 0 aliphatic carbocycles. The largest absolute Gasteiger partial charge is 0.455 e. The van der Waals surface area contributed by atoms with Gasteiger partial charge < -0.3 is 4.42 Å². The molecule has 0 saturated heterocycles. The first-order chi connectivity index (χ1) is 28.2. The van der Waals surface area contributed by atoms with Crippen LogP contribution < -0.4 is 0 Å². The molecule has 0 saturated carbocycles. The summed E-state index contributed by atoms with van der Waals surface area (Å²) in [7, 11) is 0. The lowest BCUT2D eigenvalue weighted by molar-refractivity contribution is 0.670. The zero-order valence-electron chi connectivity index (χ0n) is 37.5. The van der Waals surface area contributed by atoms with Gasteiger partial charge in [0.25, 0.3) is 0 Å². The van der Waals surface area contributed by atoms with Crippen LogP contribution in [0.1, 0.15) is 19.2 Å². The normalized spacial score (nSPS) is 15.9. The van der Waals surface area contributed by atoms with Crippen molar-refractivity contribution in [2.24, 2.45) is 0 Å². The van der Waals surface area contributed by atoms with Gasteiger partial charge in [-0.2, -0.15) is 0 Å². The van der Waals surface area contributed by atoms with Gasteiger partial charge in [0.15, 0.2) is 0 Å². The molecule has 0 unspecified atom stereocenters. The molecule has 0 bridgehead atoms. The number of para-hydroxylation sites is 1. The molecule has 8 aromatic carbocycles. The number of hydrogen-bond acceptors (Lipinski definition) is 1. The molecule has 0 radical (unpaired) electrons. The highest BCUT2D eigenvalue weighted by atomic mass is 16.3. The lowest BCUT2D eigenvalue weighted by Crippen LogP contribution is -1.91. The van der Waals surface area contributed by atoms with Crippen LogP contribution >= 0.6 is 0 Å². The Labute approximate surface area is 281 Å². The Balaban J connectivity index is 1.45. The van der Waals surface area contributed by atoms with E-state index < -0.39 is 90.2 Å². The zero-order chi connectivity index (χ0) is 41.9. The van der Waals surface area contributed by atoms with Gasteiger partial charge in [0, 0.05) is 16.3 Å². The van der Waals surface area contributed by atoms with Gasteiger partial charge >= 0.3 is 0 Å². The molecule has 0 spiro atoms. The van der Waals surface area contributed by atoms with E-state index >= 15 is 0 Å². The van der Waals surface area contributed by atoms with Crippen LogP contribution in [0.2, 0.25) is 0 Å². The van der Waals surface area contributed by atoms with Crippen molar-refractivity contribution in [2.75, 3.05) is 0 Å². The van der Waals surface area contributed by atoms with E-state index in [1.807, 2.05) is 78.9 Å². The molecule has 45 heavy (non-hydrogen) atoms. The minimum atomic E-state index is -0.690. The summed E-state index contributed by atoms with van der Waals surface area (Å²) in [6.45, 7) is 0. The van der Waals surface area contributed by atoms with Crippen LogP contribution in [0.5, 0.6) is 0 Å². The molecule has 1 aromatic heterocycles. The maximum atomic E-state index is 9.88. The van der Waals surface area contributed by atoms with Crippen LogP contribution in [0.15, 0.2) is 174 Å². The van der Waals surface area contributed by atoms with Gasteiger partial charge in [-0.3, -0.25) is 0 Å². The van der Waals surface area contributed by atoms with Crippen LogP contribution in [0.4, 0.5) is 0 Å². The first-order valence-electron chi connectivity index (χ1n) is 21.3. The van der Waals surface area contributed by atoms with Crippen LogP contribution in [0.25, 0.3) is 88.0 Å². The van der Waals surface area contributed by atoms with E-state index in [0.29, 0.717) is 16.3 Å². The molecule has 0 fully saturated rings. The van der Waals surface area contributed by atoms with Crippen molar-refractivity contribution < 1.29 is 23.6 Å². The summed E-state index contributed by atoms with van der Waals surface area (Å²) in [5.41, 5.74) is 0.340. The van der Waals surface area contributed by atoms with E-state index in [0.717, 1.165) is 21.9 Å². The molecule has 0 N–H and O–H groups in total. The highest BCUT2D eigenvalue weighted by Crippen LogP contribution is 2.45. The summed E-state index contributed by atoms with van der Waals surface area (Å²) in [5.74, 6) is 0. The Morgan fingerprint density at radius 3 is 1.69 bits per heavy atom. The van der Waals surface area contributed by atoms with E-state index in [9.17, 15) is 5.48 Å². The second-order valence-electron chi connectivity index (χ2n) is 10.5. The second kappa shape index (κ2) is 10.4. The quantitative estimate of drug-likeness (QED) is 0.187. The lowest BCUT2D eigenvalue weighted by Gasteiger charge is -2.18. The maximum Gasteiger partial charge on any atom is 0.143 e. The summed E-state index contributed by atoms with van der Waals surface area (Å²) < 4.78 is 131. The molecule has 0 amide bonds. The van der Waals surface area contributed by atoms with E-state index in [-0.39, 0.29) is 44.2 Å². The van der Waals surface area contributed by atoms with Gasteiger partial charge in [0.05, 0.1) is 19.2 Å². The third-order valence-corrected chi connectivity index (χ3v) is 8.07. The topological polar surface area (TPSA) is 13.1 Å². The van der Waals surface area contributed by atoms with Crippen molar-refractivity contribution in [1.29, 1.82) is 0 Å². The molecular weight excluding hydrogens is 544 g/mol. The van der Waals surface area contributed by atoms with E-state index in [1.165, 1.54) is 6.07 Å². The number of benzene rings is 8. The van der Waals surface area contributed by atoms with Gasteiger partial charge in [0.1, 0.15) is 11.2 Å². The second-order valence-corrected chi connectivity index (χ2v) is 10.5. The zero-order valence-corrected chi connectivity index (χ0v) is 23.5. The van der Waals surface area contributed by atoms with Gasteiger partial charge in [-0.25, -0.2) is 0 Å². The number of furan rings is 1. The molecule has 0 aliphatic rings. The summed E-state index contributed by atoms with van der Waals surface area (Å²) >= 11 is 0. The van der Waals surface area contributed by atoms with Gasteiger partial charge in [0.2, 0.25) is 0 Å². The Hall–Kier alpha value is -5.92. The van der Waals surface area contributed by atoms with Crippen LogP contribution in [-0.4, -0.2) is 0 Å². The van der Waals surface area contributed by atoms with Crippen molar-refractivity contribution in [1.82, 2.24) is 0 Å². The standard InChI is InChI=1S/C44H28O/c1-3-14-29(15-4-1)34-25-12-26-39-43-33(24-13-27-40(43)45-44(34)39)31-18-11-19-32(28-31)42-37-22-9-7-20-35(37)41(30-16-5-2-6-17-30)36-21-8-10-23-38(36)42/h1-28H/i1D,3D,4D,11D,12D,13D,14D,15D,18D,19D,24D,25D,27D,28D. The molecule has 1 heterocycles. The number of rotatable bonds is 4. The minimum absolute atomic E-state index is 0.00992. The first-order valence-corrected chi connectivity index (χ1v) is 14.3. The van der Waals surface area contributed by atoms with Gasteiger partial charge in [-0.05, 0) is 72.6 Å². The predicted octanol–water partition coefficient (Wildman–Crippen LogP) is 12.6. The minimum Gasteiger partial charge on any atom is -0.455 e. The average molecular weight is 587 g/mol. The molecule has 9 aromatic rings.